The summed E-state index contributed by atoms with van der Waals surface area (Å²) in [6.45, 7) is 6.24. The second-order valence-corrected chi connectivity index (χ2v) is 7.34. The van der Waals surface area contributed by atoms with Crippen molar-refractivity contribution in [2.75, 3.05) is 19.8 Å². The molecule has 6 heteroatoms. The molecular formula is C13H21O5P. The van der Waals surface area contributed by atoms with Crippen molar-refractivity contribution in [2.45, 2.75) is 32.3 Å². The van der Waals surface area contributed by atoms with Crippen LogP contribution in [0, 0.1) is 11.8 Å². The molecule has 0 radical (unpaired) electrons. The summed E-state index contributed by atoms with van der Waals surface area (Å²) in [5, 5.41) is -1.16. The van der Waals surface area contributed by atoms with Crippen molar-refractivity contribution < 1.29 is 23.1 Å². The number of cyclic esters (lactones) is 1. The Labute approximate surface area is 113 Å². The number of hydrogen-bond acceptors (Lipinski definition) is 5. The number of carbonyl (C=O) groups excluding carboxylic acids is 1. The molecule has 0 spiro atoms. The van der Waals surface area contributed by atoms with Crippen LogP contribution in [-0.4, -0.2) is 30.9 Å². The number of hydrogen-bond donors (Lipinski definition) is 0. The molecule has 2 aliphatic rings. The van der Waals surface area contributed by atoms with Gasteiger partial charge >= 0.3 is 13.6 Å². The van der Waals surface area contributed by atoms with E-state index in [-0.39, 0.29) is 31.7 Å². The van der Waals surface area contributed by atoms with Crippen LogP contribution in [0.2, 0.25) is 0 Å². The van der Waals surface area contributed by atoms with Crippen molar-refractivity contribution in [3.63, 3.8) is 0 Å². The molecule has 1 heterocycles. The largest absolute Gasteiger partial charge is 0.464 e. The highest BCUT2D eigenvalue weighted by atomic mass is 31.2. The van der Waals surface area contributed by atoms with Crippen LogP contribution in [-0.2, 0) is 23.1 Å². The Balaban J connectivity index is 2.48. The summed E-state index contributed by atoms with van der Waals surface area (Å²) in [6.07, 6.45) is 4.40. The summed E-state index contributed by atoms with van der Waals surface area (Å²) < 4.78 is 29.2. The van der Waals surface area contributed by atoms with Gasteiger partial charge in [0.15, 0.2) is 5.16 Å². The molecule has 0 aromatic heterocycles. The van der Waals surface area contributed by atoms with E-state index in [9.17, 15) is 9.36 Å². The van der Waals surface area contributed by atoms with Crippen LogP contribution in [0.15, 0.2) is 12.2 Å². The zero-order valence-corrected chi connectivity index (χ0v) is 12.5. The van der Waals surface area contributed by atoms with Crippen molar-refractivity contribution in [1.82, 2.24) is 0 Å². The lowest BCUT2D eigenvalue weighted by molar-refractivity contribution is -0.141. The van der Waals surface area contributed by atoms with Crippen molar-refractivity contribution in [1.29, 1.82) is 0 Å². The molecule has 108 valence electrons. The Kier molecular flexibility index (Phi) is 4.19. The highest BCUT2D eigenvalue weighted by molar-refractivity contribution is 7.57. The van der Waals surface area contributed by atoms with E-state index in [1.54, 1.807) is 13.8 Å². The maximum Gasteiger partial charge on any atom is 0.348 e. The van der Waals surface area contributed by atoms with Gasteiger partial charge in [0.25, 0.3) is 0 Å². The third kappa shape index (κ3) is 2.18. The highest BCUT2D eigenvalue weighted by Gasteiger charge is 2.66. The Morgan fingerprint density at radius 1 is 1.37 bits per heavy atom. The van der Waals surface area contributed by atoms with Gasteiger partial charge in [0.1, 0.15) is 0 Å². The van der Waals surface area contributed by atoms with Crippen LogP contribution in [0.25, 0.3) is 0 Å². The average molecular weight is 288 g/mol. The third-order valence-corrected chi connectivity index (χ3v) is 6.62. The van der Waals surface area contributed by atoms with E-state index in [0.717, 1.165) is 0 Å². The first-order valence-electron chi connectivity index (χ1n) is 6.75. The standard InChI is InChI=1S/C13H21O5P/c1-4-17-19(15,18-5-2)13-8-10(3)6-7-11(13)9-16-12(13)14/h6-7,10-11H,4-5,8-9H2,1-3H3/t10-,11-,13+/m0/s1. The molecule has 19 heavy (non-hydrogen) atoms. The van der Waals surface area contributed by atoms with Gasteiger partial charge in [-0.25, -0.2) is 0 Å². The van der Waals surface area contributed by atoms with E-state index in [4.69, 9.17) is 13.8 Å². The minimum Gasteiger partial charge on any atom is -0.464 e. The van der Waals surface area contributed by atoms with Crippen LogP contribution >= 0.6 is 7.60 Å². The lowest BCUT2D eigenvalue weighted by atomic mass is 9.80. The van der Waals surface area contributed by atoms with Gasteiger partial charge in [-0.1, -0.05) is 19.1 Å². The number of esters is 1. The lowest BCUT2D eigenvalue weighted by Gasteiger charge is -2.38. The van der Waals surface area contributed by atoms with Gasteiger partial charge in [-0.05, 0) is 26.2 Å². The quantitative estimate of drug-likeness (QED) is 0.442. The third-order valence-electron chi connectivity index (χ3n) is 3.75. The fraction of sp³-hybridized carbons (Fsp3) is 0.769. The smallest absolute Gasteiger partial charge is 0.348 e. The number of allylic oxidation sites excluding steroid dienone is 1. The molecule has 5 nitrogen and oxygen atoms in total. The van der Waals surface area contributed by atoms with Gasteiger partial charge in [0.2, 0.25) is 0 Å². The van der Waals surface area contributed by atoms with E-state index in [1.807, 2.05) is 19.1 Å². The first-order valence-corrected chi connectivity index (χ1v) is 8.29. The van der Waals surface area contributed by atoms with E-state index >= 15 is 0 Å². The van der Waals surface area contributed by atoms with Crippen molar-refractivity contribution in [3.05, 3.63) is 12.2 Å². The van der Waals surface area contributed by atoms with Crippen LogP contribution in [0.4, 0.5) is 0 Å². The molecule has 1 fully saturated rings. The van der Waals surface area contributed by atoms with E-state index < -0.39 is 18.7 Å². The minimum absolute atomic E-state index is 0.149. The van der Waals surface area contributed by atoms with Gasteiger partial charge in [0, 0.05) is 5.92 Å². The van der Waals surface area contributed by atoms with Gasteiger partial charge in [-0.15, -0.1) is 0 Å². The van der Waals surface area contributed by atoms with Gasteiger partial charge in [-0.3, -0.25) is 9.36 Å². The summed E-state index contributed by atoms with van der Waals surface area (Å²) in [4.78, 5) is 12.3. The monoisotopic (exact) mass is 288 g/mol. The summed E-state index contributed by atoms with van der Waals surface area (Å²) >= 11 is 0. The first-order chi connectivity index (χ1) is 9.00. The fourth-order valence-corrected chi connectivity index (χ4v) is 5.53. The lowest BCUT2D eigenvalue weighted by Crippen LogP contribution is -2.44. The molecule has 3 atom stereocenters. The van der Waals surface area contributed by atoms with Gasteiger partial charge in [-0.2, -0.15) is 0 Å². The zero-order valence-electron chi connectivity index (χ0n) is 11.6. The second kappa shape index (κ2) is 5.39. The molecule has 0 bridgehead atoms. The topological polar surface area (TPSA) is 61.8 Å². The molecule has 0 unspecified atom stereocenters. The molecule has 2 rings (SSSR count). The molecule has 1 saturated heterocycles. The molecule has 0 N–H and O–H groups in total. The predicted molar refractivity (Wildman–Crippen MR) is 71.0 cm³/mol. The molecule has 0 aromatic carbocycles. The Morgan fingerprint density at radius 3 is 2.58 bits per heavy atom. The summed E-state index contributed by atoms with van der Waals surface area (Å²) in [5.74, 6) is -0.518. The molecule has 0 saturated carbocycles. The van der Waals surface area contributed by atoms with Crippen molar-refractivity contribution >= 4 is 13.6 Å². The maximum atomic E-state index is 13.1. The Bertz CT molecular complexity index is 423. The van der Waals surface area contributed by atoms with Crippen molar-refractivity contribution in [3.8, 4) is 0 Å². The van der Waals surface area contributed by atoms with Crippen LogP contribution in [0.3, 0.4) is 0 Å². The zero-order chi connectivity index (χ0) is 14.1. The fourth-order valence-electron chi connectivity index (χ4n) is 2.95. The normalized spacial score (nSPS) is 34.2. The molecular weight excluding hydrogens is 267 g/mol. The molecule has 0 aromatic rings. The van der Waals surface area contributed by atoms with Crippen LogP contribution in [0.1, 0.15) is 27.2 Å². The highest BCUT2D eigenvalue weighted by Crippen LogP contribution is 2.68. The van der Waals surface area contributed by atoms with Crippen molar-refractivity contribution in [2.24, 2.45) is 11.8 Å². The van der Waals surface area contributed by atoms with E-state index in [0.29, 0.717) is 6.42 Å². The van der Waals surface area contributed by atoms with Gasteiger partial charge in [0.05, 0.1) is 19.8 Å². The molecule has 1 aliphatic carbocycles. The Morgan fingerprint density at radius 2 is 2.00 bits per heavy atom. The SMILES string of the molecule is CCOP(=O)(OCC)[C@]12C[C@@H](C)C=C[C@H]1COC2=O. The number of rotatable bonds is 5. The number of carbonyl (C=O) groups is 1. The average Bonchev–Trinajstić information content (AvgIpc) is 2.69. The van der Waals surface area contributed by atoms with E-state index in [1.165, 1.54) is 0 Å². The number of ether oxygens (including phenoxy) is 1. The Hall–Kier alpha value is -0.640. The maximum absolute atomic E-state index is 13.1. The molecule has 1 aliphatic heterocycles. The first kappa shape index (κ1) is 14.8. The summed E-state index contributed by atoms with van der Waals surface area (Å²) in [5.41, 5.74) is 0. The molecule has 0 amide bonds. The summed E-state index contributed by atoms with van der Waals surface area (Å²) in [7, 11) is -3.54. The van der Waals surface area contributed by atoms with Crippen LogP contribution in [0.5, 0.6) is 0 Å². The second-order valence-electron chi connectivity index (χ2n) is 5.03. The van der Waals surface area contributed by atoms with Crippen LogP contribution < -0.4 is 0 Å². The minimum atomic E-state index is -3.54. The summed E-state index contributed by atoms with van der Waals surface area (Å²) in [6, 6.07) is 0. The predicted octanol–water partition coefficient (Wildman–Crippen LogP) is 2.76. The number of fused-ring (bicyclic) bond motifs is 1. The van der Waals surface area contributed by atoms with Gasteiger partial charge < -0.3 is 13.8 Å². The van der Waals surface area contributed by atoms with E-state index in [2.05, 4.69) is 0 Å².